The Bertz CT molecular complexity index is 692. The minimum atomic E-state index is -1.20. The molecule has 0 spiro atoms. The molecule has 2 rings (SSSR count). The number of hydrogen-bond acceptors (Lipinski definition) is 3. The minimum Gasteiger partial charge on any atom is -0.478 e. The van der Waals surface area contributed by atoms with E-state index in [1.807, 2.05) is 0 Å². The number of anilines is 2. The lowest BCUT2D eigenvalue weighted by Crippen LogP contribution is -2.03. The molecular weight excluding hydrogens is 290 g/mol. The van der Waals surface area contributed by atoms with Gasteiger partial charge in [-0.2, -0.15) is 0 Å². The molecule has 0 amide bonds. The first-order valence-electron chi connectivity index (χ1n) is 5.50. The number of nitrogens with one attached hydrogen (secondary N) is 1. The molecule has 0 aliphatic rings. The summed E-state index contributed by atoms with van der Waals surface area (Å²) in [7, 11) is 0. The summed E-state index contributed by atoms with van der Waals surface area (Å²) < 4.78 is 27.4. The van der Waals surface area contributed by atoms with Crippen LogP contribution in [-0.4, -0.2) is 16.1 Å². The van der Waals surface area contributed by atoms with Crippen LogP contribution in [0.25, 0.3) is 0 Å². The molecule has 0 aliphatic heterocycles. The van der Waals surface area contributed by atoms with Gasteiger partial charge in [0.05, 0.1) is 10.6 Å². The Kier molecular flexibility index (Phi) is 3.85. The zero-order chi connectivity index (χ0) is 14.9. The molecule has 2 N–H and O–H groups in total. The molecule has 4 nitrogen and oxygen atoms in total. The second kappa shape index (κ2) is 5.42. The van der Waals surface area contributed by atoms with Crippen molar-refractivity contribution in [1.82, 2.24) is 4.98 Å². The van der Waals surface area contributed by atoms with Gasteiger partial charge < -0.3 is 10.4 Å². The number of rotatable bonds is 3. The number of pyridine rings is 1. The quantitative estimate of drug-likeness (QED) is 0.905. The molecule has 1 heterocycles. The average Bonchev–Trinajstić information content (AvgIpc) is 2.40. The van der Waals surface area contributed by atoms with Crippen molar-refractivity contribution in [3.63, 3.8) is 0 Å². The van der Waals surface area contributed by atoms with Gasteiger partial charge in [-0.25, -0.2) is 18.6 Å². The first-order valence-corrected chi connectivity index (χ1v) is 5.88. The third-order valence-corrected chi connectivity index (χ3v) is 2.90. The molecule has 0 unspecified atom stereocenters. The van der Waals surface area contributed by atoms with E-state index in [9.17, 15) is 13.6 Å². The number of carbonyl (C=O) groups is 1. The maximum Gasteiger partial charge on any atom is 0.337 e. The second-order valence-electron chi connectivity index (χ2n) is 4.04. The second-order valence-corrected chi connectivity index (χ2v) is 4.45. The van der Waals surface area contributed by atoms with E-state index in [1.54, 1.807) is 0 Å². The molecule has 7 heteroatoms. The minimum absolute atomic E-state index is 0.0277. The van der Waals surface area contributed by atoms with Crippen molar-refractivity contribution in [1.29, 1.82) is 0 Å². The van der Waals surface area contributed by atoms with Crippen molar-refractivity contribution in [2.75, 3.05) is 5.32 Å². The van der Waals surface area contributed by atoms with Gasteiger partial charge in [0.15, 0.2) is 5.82 Å². The zero-order valence-electron chi connectivity index (χ0n) is 10.2. The first-order chi connectivity index (χ1) is 9.40. The van der Waals surface area contributed by atoms with Crippen molar-refractivity contribution in [3.05, 3.63) is 52.2 Å². The van der Waals surface area contributed by atoms with Crippen molar-refractivity contribution < 1.29 is 18.7 Å². The third kappa shape index (κ3) is 2.70. The predicted octanol–water partition coefficient (Wildman–Crippen LogP) is 3.76. The van der Waals surface area contributed by atoms with Crippen LogP contribution in [0.5, 0.6) is 0 Å². The van der Waals surface area contributed by atoms with Crippen molar-refractivity contribution >= 4 is 29.1 Å². The topological polar surface area (TPSA) is 62.2 Å². The Morgan fingerprint density at radius 2 is 2.10 bits per heavy atom. The molecule has 0 aliphatic carbocycles. The van der Waals surface area contributed by atoms with Crippen LogP contribution in [-0.2, 0) is 0 Å². The fourth-order valence-electron chi connectivity index (χ4n) is 1.54. The standard InChI is InChI=1S/C13H9ClF2N2O2/c1-6-2-3-9(15)11(10(6)16)18-12-8(14)4-7(5-17-12)13(19)20/h2-5H,1H3,(H,17,18)(H,19,20). The fourth-order valence-corrected chi connectivity index (χ4v) is 1.75. The summed E-state index contributed by atoms with van der Waals surface area (Å²) in [6.45, 7) is 1.49. The van der Waals surface area contributed by atoms with Gasteiger partial charge >= 0.3 is 5.97 Å². The van der Waals surface area contributed by atoms with E-state index in [0.717, 1.165) is 18.3 Å². The molecule has 0 bridgehead atoms. The van der Waals surface area contributed by atoms with Crippen LogP contribution in [0, 0.1) is 18.6 Å². The summed E-state index contributed by atoms with van der Waals surface area (Å²) in [6.07, 6.45) is 1.04. The number of benzene rings is 1. The van der Waals surface area contributed by atoms with Gasteiger partial charge in [0, 0.05) is 6.20 Å². The van der Waals surface area contributed by atoms with Crippen LogP contribution in [0.2, 0.25) is 5.02 Å². The van der Waals surface area contributed by atoms with Gasteiger partial charge in [-0.1, -0.05) is 17.7 Å². The predicted molar refractivity (Wildman–Crippen MR) is 70.6 cm³/mol. The number of aromatic nitrogens is 1. The Hall–Kier alpha value is -2.21. The molecule has 0 saturated heterocycles. The van der Waals surface area contributed by atoms with E-state index in [1.165, 1.54) is 13.0 Å². The van der Waals surface area contributed by atoms with E-state index in [-0.39, 0.29) is 27.7 Å². The molecule has 1 aromatic carbocycles. The molecule has 20 heavy (non-hydrogen) atoms. The number of nitrogens with zero attached hydrogens (tertiary/aromatic N) is 1. The molecule has 1 aromatic heterocycles. The van der Waals surface area contributed by atoms with Gasteiger partial charge in [-0.05, 0) is 24.6 Å². The van der Waals surface area contributed by atoms with Gasteiger partial charge in [-0.3, -0.25) is 0 Å². The normalized spacial score (nSPS) is 10.4. The van der Waals surface area contributed by atoms with Crippen LogP contribution < -0.4 is 5.32 Å². The van der Waals surface area contributed by atoms with Crippen molar-refractivity contribution in [3.8, 4) is 0 Å². The average molecular weight is 299 g/mol. The van der Waals surface area contributed by atoms with Crippen LogP contribution >= 0.6 is 11.6 Å². The summed E-state index contributed by atoms with van der Waals surface area (Å²) in [5.74, 6) is -2.78. The smallest absolute Gasteiger partial charge is 0.337 e. The molecule has 0 fully saturated rings. The lowest BCUT2D eigenvalue weighted by atomic mass is 10.2. The lowest BCUT2D eigenvalue weighted by molar-refractivity contribution is 0.0696. The highest BCUT2D eigenvalue weighted by Gasteiger charge is 2.15. The molecule has 104 valence electrons. The summed E-state index contributed by atoms with van der Waals surface area (Å²) >= 11 is 5.83. The summed E-state index contributed by atoms with van der Waals surface area (Å²) in [4.78, 5) is 14.5. The van der Waals surface area contributed by atoms with Crippen molar-refractivity contribution in [2.45, 2.75) is 6.92 Å². The molecule has 0 saturated carbocycles. The number of aromatic carboxylic acids is 1. The van der Waals surface area contributed by atoms with E-state index < -0.39 is 17.6 Å². The van der Waals surface area contributed by atoms with Crippen LogP contribution in [0.4, 0.5) is 20.3 Å². The van der Waals surface area contributed by atoms with Crippen LogP contribution in [0.15, 0.2) is 24.4 Å². The highest BCUT2D eigenvalue weighted by molar-refractivity contribution is 6.33. The molecule has 0 atom stereocenters. The van der Waals surface area contributed by atoms with Crippen LogP contribution in [0.1, 0.15) is 15.9 Å². The fraction of sp³-hybridized carbons (Fsp3) is 0.0769. The van der Waals surface area contributed by atoms with Crippen molar-refractivity contribution in [2.24, 2.45) is 0 Å². The third-order valence-electron chi connectivity index (χ3n) is 2.62. The largest absolute Gasteiger partial charge is 0.478 e. The highest BCUT2D eigenvalue weighted by atomic mass is 35.5. The summed E-state index contributed by atoms with van der Waals surface area (Å²) in [5.41, 5.74) is -0.250. The van der Waals surface area contributed by atoms with Gasteiger partial charge in [-0.15, -0.1) is 0 Å². The van der Waals surface area contributed by atoms with Crippen LogP contribution in [0.3, 0.4) is 0 Å². The van der Waals surface area contributed by atoms with E-state index in [2.05, 4.69) is 10.3 Å². The number of aryl methyl sites for hydroxylation is 1. The first kappa shape index (κ1) is 14.2. The Labute approximate surface area is 118 Å². The highest BCUT2D eigenvalue weighted by Crippen LogP contribution is 2.28. The van der Waals surface area contributed by atoms with E-state index in [4.69, 9.17) is 16.7 Å². The van der Waals surface area contributed by atoms with E-state index >= 15 is 0 Å². The zero-order valence-corrected chi connectivity index (χ0v) is 11.0. The number of carboxylic acids is 1. The number of halogens is 3. The van der Waals surface area contributed by atoms with Gasteiger partial charge in [0.1, 0.15) is 17.3 Å². The monoisotopic (exact) mass is 298 g/mol. The SMILES string of the molecule is Cc1ccc(F)c(Nc2ncc(C(=O)O)cc2Cl)c1F. The number of carboxylic acid groups (broad SMARTS) is 1. The Morgan fingerprint density at radius 1 is 1.40 bits per heavy atom. The maximum atomic E-state index is 13.8. The molecule has 2 aromatic rings. The summed E-state index contributed by atoms with van der Waals surface area (Å²) in [5, 5.41) is 11.2. The van der Waals surface area contributed by atoms with Gasteiger partial charge in [0.2, 0.25) is 0 Å². The molecular formula is C13H9ClF2N2O2. The van der Waals surface area contributed by atoms with Gasteiger partial charge in [0.25, 0.3) is 0 Å². The lowest BCUT2D eigenvalue weighted by Gasteiger charge is -2.11. The molecule has 0 radical (unpaired) electrons. The summed E-state index contributed by atoms with van der Waals surface area (Å²) in [6, 6.07) is 3.56. The number of hydrogen-bond donors (Lipinski definition) is 2. The Balaban J connectivity index is 2.41. The Morgan fingerprint density at radius 3 is 2.70 bits per heavy atom. The van der Waals surface area contributed by atoms with E-state index in [0.29, 0.717) is 0 Å². The maximum absolute atomic E-state index is 13.8.